The first-order valence-electron chi connectivity index (χ1n) is 8.90. The van der Waals surface area contributed by atoms with Crippen LogP contribution in [0.4, 0.5) is 5.69 Å². The molecule has 0 bridgehead atoms. The molecule has 3 N–H and O–H groups in total. The zero-order valence-corrected chi connectivity index (χ0v) is 17.6. The van der Waals surface area contributed by atoms with E-state index in [9.17, 15) is 29.6 Å². The van der Waals surface area contributed by atoms with Gasteiger partial charge in [0.1, 0.15) is 12.0 Å². The van der Waals surface area contributed by atoms with Crippen molar-refractivity contribution in [2.75, 3.05) is 0 Å². The summed E-state index contributed by atoms with van der Waals surface area (Å²) in [5, 5.41) is 19.5. The predicted molar refractivity (Wildman–Crippen MR) is 110 cm³/mol. The van der Waals surface area contributed by atoms with E-state index in [1.165, 1.54) is 47.9 Å². The lowest BCUT2D eigenvalue weighted by atomic mass is 9.92. The molecule has 0 spiro atoms. The van der Waals surface area contributed by atoms with E-state index in [1.54, 1.807) is 6.92 Å². The van der Waals surface area contributed by atoms with Crippen molar-refractivity contribution in [2.45, 2.75) is 37.2 Å². The molecule has 10 nitrogen and oxygen atoms in total. The van der Waals surface area contributed by atoms with Crippen molar-refractivity contribution in [3.8, 4) is 0 Å². The minimum Gasteiger partial charge on any atom is -0.456 e. The predicted octanol–water partition coefficient (Wildman–Crippen LogP) is 1.33. The first-order chi connectivity index (χ1) is 14.1. The van der Waals surface area contributed by atoms with E-state index < -0.39 is 45.4 Å². The molecule has 0 radical (unpaired) electrons. The Labute approximate surface area is 180 Å². The fourth-order valence-corrected chi connectivity index (χ4v) is 5.97. The number of fused-ring (bicyclic) bond motifs is 1. The number of carbonyl (C=O) groups excluding carboxylic acids is 3. The monoisotopic (exact) mass is 453 g/mol. The molecule has 1 fully saturated rings. The lowest BCUT2D eigenvalue weighted by Crippen LogP contribution is -2.60. The quantitative estimate of drug-likeness (QED) is 0.257. The molecule has 2 aliphatic rings. The molecule has 4 atom stereocenters. The molecular formula is C18H19N3O7S2. The van der Waals surface area contributed by atoms with Crippen molar-refractivity contribution >= 4 is 47.0 Å². The lowest BCUT2D eigenvalue weighted by Gasteiger charge is -2.43. The summed E-state index contributed by atoms with van der Waals surface area (Å²) >= 11 is 2.27. The van der Waals surface area contributed by atoms with E-state index in [0.29, 0.717) is 9.80 Å². The van der Waals surface area contributed by atoms with Crippen LogP contribution in [-0.4, -0.2) is 49.4 Å². The van der Waals surface area contributed by atoms with Crippen LogP contribution in [-0.2, 0) is 25.7 Å². The molecular weight excluding hydrogens is 434 g/mol. The maximum atomic E-state index is 12.8. The van der Waals surface area contributed by atoms with Gasteiger partial charge < -0.3 is 15.6 Å². The lowest BCUT2D eigenvalue weighted by molar-refractivity contribution is -0.384. The highest BCUT2D eigenvalue weighted by molar-refractivity contribution is 8.23. The number of nitro benzene ring substituents is 1. The number of amides is 2. The van der Waals surface area contributed by atoms with Gasteiger partial charge in [0.2, 0.25) is 11.8 Å². The third kappa shape index (κ3) is 4.16. The summed E-state index contributed by atoms with van der Waals surface area (Å²) in [5.41, 5.74) is 5.79. The maximum Gasteiger partial charge on any atom is 0.357 e. The van der Waals surface area contributed by atoms with Crippen molar-refractivity contribution in [1.82, 2.24) is 4.90 Å². The number of rotatable bonds is 8. The molecule has 2 aliphatic heterocycles. The number of esters is 1. The number of β-lactam (4-membered cyclic amide) rings is 1. The highest BCUT2D eigenvalue weighted by Gasteiger charge is 2.58. The van der Waals surface area contributed by atoms with Crippen LogP contribution < -0.4 is 5.73 Å². The topological polar surface area (TPSA) is 153 Å². The molecule has 0 aromatic heterocycles. The van der Waals surface area contributed by atoms with Crippen LogP contribution in [0, 0.1) is 16.0 Å². The standard InChI is InChI=1S/C18H19N3O7S2/c1-8(22)12-15(24)20-13(18(30-16(12)20)29-9(2)14(19)23)17(25)28-7-10-3-5-11(6-4-10)21(26)27/h3-6,8-9,12,16,22H,7H2,1-2H3,(H2,19,23)/t8?,9?,12?,16-/m1/s1. The van der Waals surface area contributed by atoms with Crippen LogP contribution in [0.15, 0.2) is 34.2 Å². The number of aliphatic hydroxyl groups excluding tert-OH is 1. The van der Waals surface area contributed by atoms with Gasteiger partial charge in [-0.05, 0) is 31.5 Å². The summed E-state index contributed by atoms with van der Waals surface area (Å²) in [5.74, 6) is -2.39. The molecule has 160 valence electrons. The third-order valence-electron chi connectivity index (χ3n) is 4.66. The van der Waals surface area contributed by atoms with Crippen molar-refractivity contribution in [3.05, 3.63) is 49.9 Å². The Kier molecular flexibility index (Phi) is 6.38. The number of nitro groups is 1. The highest BCUT2D eigenvalue weighted by atomic mass is 32.2. The number of nitrogens with zero attached hydrogens (tertiary/aromatic N) is 2. The molecule has 12 heteroatoms. The number of hydrogen-bond acceptors (Lipinski definition) is 9. The molecule has 0 saturated carbocycles. The largest absolute Gasteiger partial charge is 0.456 e. The van der Waals surface area contributed by atoms with Gasteiger partial charge in [-0.15, -0.1) is 11.8 Å². The molecule has 30 heavy (non-hydrogen) atoms. The summed E-state index contributed by atoms with van der Waals surface area (Å²) in [6, 6.07) is 5.53. The second-order valence-electron chi connectivity index (χ2n) is 6.78. The first kappa shape index (κ1) is 22.1. The van der Waals surface area contributed by atoms with Crippen LogP contribution in [0.2, 0.25) is 0 Å². The van der Waals surface area contributed by atoms with Crippen LogP contribution in [0.5, 0.6) is 0 Å². The van der Waals surface area contributed by atoms with Gasteiger partial charge in [-0.3, -0.25) is 24.6 Å². The Morgan fingerprint density at radius 3 is 2.53 bits per heavy atom. The Hall–Kier alpha value is -2.57. The maximum absolute atomic E-state index is 12.8. The molecule has 1 aromatic rings. The van der Waals surface area contributed by atoms with E-state index in [1.807, 2.05) is 0 Å². The van der Waals surface area contributed by atoms with Crippen molar-refractivity contribution < 1.29 is 29.2 Å². The molecule has 3 rings (SSSR count). The van der Waals surface area contributed by atoms with E-state index in [4.69, 9.17) is 10.5 Å². The Bertz CT molecular complexity index is 932. The van der Waals surface area contributed by atoms with Gasteiger partial charge in [-0.2, -0.15) is 0 Å². The fraction of sp³-hybridized carbons (Fsp3) is 0.389. The number of primary amides is 1. The summed E-state index contributed by atoms with van der Waals surface area (Å²) in [4.78, 5) is 48.2. The Morgan fingerprint density at radius 1 is 1.37 bits per heavy atom. The molecule has 3 unspecified atom stereocenters. The Balaban J connectivity index is 1.77. The molecule has 1 saturated heterocycles. The number of benzene rings is 1. The van der Waals surface area contributed by atoms with Crippen molar-refractivity contribution in [2.24, 2.45) is 11.7 Å². The summed E-state index contributed by atoms with van der Waals surface area (Å²) in [7, 11) is 0. The van der Waals surface area contributed by atoms with Gasteiger partial charge in [-0.25, -0.2) is 4.79 Å². The van der Waals surface area contributed by atoms with Gasteiger partial charge in [0.05, 0.1) is 26.4 Å². The van der Waals surface area contributed by atoms with Gasteiger partial charge in [0, 0.05) is 12.1 Å². The van der Waals surface area contributed by atoms with Crippen molar-refractivity contribution in [3.63, 3.8) is 0 Å². The number of thioether (sulfide) groups is 2. The van der Waals surface area contributed by atoms with E-state index >= 15 is 0 Å². The molecule has 0 aliphatic carbocycles. The average molecular weight is 453 g/mol. The third-order valence-corrected chi connectivity index (χ3v) is 7.38. The number of aliphatic hydroxyl groups is 1. The summed E-state index contributed by atoms with van der Waals surface area (Å²) in [6.07, 6.45) is -0.887. The minimum absolute atomic E-state index is 0.0203. The molecule has 1 aromatic carbocycles. The highest BCUT2D eigenvalue weighted by Crippen LogP contribution is 2.54. The first-order valence-corrected chi connectivity index (χ1v) is 10.7. The SMILES string of the molecule is CC(SC1=C(C(=O)OCc2ccc([N+](=O)[O-])cc2)N2C(=O)C(C(C)O)[C@H]2S1)C(N)=O. The fourth-order valence-electron chi connectivity index (χ4n) is 2.97. The van der Waals surface area contributed by atoms with Gasteiger partial charge in [-0.1, -0.05) is 11.8 Å². The smallest absolute Gasteiger partial charge is 0.357 e. The number of nitrogens with two attached hydrogens (primary N) is 1. The second-order valence-corrected chi connectivity index (χ2v) is 9.52. The van der Waals surface area contributed by atoms with E-state index in [-0.39, 0.29) is 18.0 Å². The van der Waals surface area contributed by atoms with Crippen LogP contribution in [0.1, 0.15) is 19.4 Å². The second kappa shape index (κ2) is 8.66. The summed E-state index contributed by atoms with van der Waals surface area (Å²) < 4.78 is 5.74. The van der Waals surface area contributed by atoms with Gasteiger partial charge >= 0.3 is 5.97 Å². The van der Waals surface area contributed by atoms with Crippen LogP contribution in [0.25, 0.3) is 0 Å². The van der Waals surface area contributed by atoms with E-state index in [2.05, 4.69) is 0 Å². The van der Waals surface area contributed by atoms with Gasteiger partial charge in [0.15, 0.2) is 5.70 Å². The van der Waals surface area contributed by atoms with Crippen LogP contribution in [0.3, 0.4) is 0 Å². The zero-order valence-electron chi connectivity index (χ0n) is 16.0. The normalized spacial score (nSPS) is 22.2. The van der Waals surface area contributed by atoms with E-state index in [0.717, 1.165) is 11.8 Å². The molecule has 2 heterocycles. The zero-order chi connectivity index (χ0) is 22.2. The van der Waals surface area contributed by atoms with Crippen molar-refractivity contribution in [1.29, 1.82) is 0 Å². The number of carbonyl (C=O) groups is 3. The number of non-ortho nitro benzene ring substituents is 1. The number of hydrogen-bond donors (Lipinski definition) is 2. The minimum atomic E-state index is -0.887. The van der Waals surface area contributed by atoms with Crippen LogP contribution >= 0.6 is 23.5 Å². The summed E-state index contributed by atoms with van der Waals surface area (Å²) in [6.45, 7) is 2.94. The average Bonchev–Trinajstić information content (AvgIpc) is 2.99. The van der Waals surface area contributed by atoms with Gasteiger partial charge in [0.25, 0.3) is 5.69 Å². The molecule has 2 amide bonds. The number of ether oxygens (including phenoxy) is 1. The Morgan fingerprint density at radius 2 is 2.00 bits per heavy atom.